The van der Waals surface area contributed by atoms with Crippen LogP contribution in [0.1, 0.15) is 11.1 Å². The van der Waals surface area contributed by atoms with Gasteiger partial charge in [0, 0.05) is 29.7 Å². The van der Waals surface area contributed by atoms with E-state index in [-0.39, 0.29) is 6.61 Å². The Kier molecular flexibility index (Phi) is 6.90. The van der Waals surface area contributed by atoms with Gasteiger partial charge in [-0.3, -0.25) is 4.90 Å². The van der Waals surface area contributed by atoms with Crippen LogP contribution in [0.4, 0.5) is 0 Å². The molecular formula is C18H22BrNO2. The first-order chi connectivity index (χ1) is 10.7. The molecule has 0 spiro atoms. The molecule has 1 N–H and O–H groups in total. The summed E-state index contributed by atoms with van der Waals surface area (Å²) in [6.45, 7) is 2.48. The molecule has 0 heterocycles. The minimum atomic E-state index is 0.158. The molecule has 0 fully saturated rings. The summed E-state index contributed by atoms with van der Waals surface area (Å²) in [5.41, 5.74) is 2.44. The van der Waals surface area contributed by atoms with Crippen molar-refractivity contribution in [3.63, 3.8) is 0 Å². The molecule has 4 heteroatoms. The van der Waals surface area contributed by atoms with Gasteiger partial charge in [-0.2, -0.15) is 0 Å². The summed E-state index contributed by atoms with van der Waals surface area (Å²) in [5, 5.41) is 9.31. The molecule has 2 aromatic rings. The van der Waals surface area contributed by atoms with Crippen LogP contribution in [0.3, 0.4) is 0 Å². The van der Waals surface area contributed by atoms with Crippen molar-refractivity contribution >= 4 is 15.9 Å². The van der Waals surface area contributed by atoms with Crippen molar-refractivity contribution in [3.05, 3.63) is 64.1 Å². The Bertz CT molecular complexity index is 575. The van der Waals surface area contributed by atoms with Crippen molar-refractivity contribution in [1.82, 2.24) is 4.90 Å². The molecule has 0 saturated carbocycles. The molecule has 0 unspecified atom stereocenters. The highest BCUT2D eigenvalue weighted by molar-refractivity contribution is 9.10. The van der Waals surface area contributed by atoms with Crippen LogP contribution in [0.5, 0.6) is 5.75 Å². The zero-order valence-corrected chi connectivity index (χ0v) is 14.4. The van der Waals surface area contributed by atoms with Gasteiger partial charge in [0.15, 0.2) is 0 Å². The highest BCUT2D eigenvalue weighted by atomic mass is 79.9. The summed E-state index contributed by atoms with van der Waals surface area (Å²) in [6.07, 6.45) is 0.969. The maximum atomic E-state index is 9.31. The van der Waals surface area contributed by atoms with Gasteiger partial charge < -0.3 is 9.84 Å². The Morgan fingerprint density at radius 1 is 1.09 bits per heavy atom. The Balaban J connectivity index is 2.03. The van der Waals surface area contributed by atoms with Crippen molar-refractivity contribution in [2.24, 2.45) is 0 Å². The summed E-state index contributed by atoms with van der Waals surface area (Å²) >= 11 is 3.51. The molecule has 2 rings (SSSR count). The lowest BCUT2D eigenvalue weighted by molar-refractivity contribution is 0.190. The van der Waals surface area contributed by atoms with Crippen molar-refractivity contribution < 1.29 is 9.84 Å². The van der Waals surface area contributed by atoms with E-state index in [1.807, 2.05) is 18.2 Å². The SMILES string of the molecule is COc1ccc(Br)cc1CN(CCO)CCc1ccccc1. The van der Waals surface area contributed by atoms with Crippen LogP contribution >= 0.6 is 15.9 Å². The number of benzene rings is 2. The maximum absolute atomic E-state index is 9.31. The third kappa shape index (κ3) is 5.13. The van der Waals surface area contributed by atoms with E-state index in [4.69, 9.17) is 4.74 Å². The van der Waals surface area contributed by atoms with Gasteiger partial charge in [0.25, 0.3) is 0 Å². The minimum absolute atomic E-state index is 0.158. The van der Waals surface area contributed by atoms with E-state index < -0.39 is 0 Å². The van der Waals surface area contributed by atoms with Gasteiger partial charge >= 0.3 is 0 Å². The standard InChI is InChI=1S/C18H22BrNO2/c1-22-18-8-7-17(19)13-16(18)14-20(11-12-21)10-9-15-5-3-2-4-6-15/h2-8,13,21H,9-12,14H2,1H3. The molecule has 0 bridgehead atoms. The molecule has 2 aromatic carbocycles. The summed E-state index contributed by atoms with van der Waals surface area (Å²) in [6, 6.07) is 16.4. The van der Waals surface area contributed by atoms with Gasteiger partial charge in [-0.15, -0.1) is 0 Å². The predicted molar refractivity (Wildman–Crippen MR) is 93.2 cm³/mol. The molecule has 0 aliphatic heterocycles. The number of nitrogens with zero attached hydrogens (tertiary/aromatic N) is 1. The molecular weight excluding hydrogens is 342 g/mol. The number of hydrogen-bond acceptors (Lipinski definition) is 3. The van der Waals surface area contributed by atoms with Gasteiger partial charge in [0.2, 0.25) is 0 Å². The van der Waals surface area contributed by atoms with Crippen LogP contribution in [0.15, 0.2) is 53.0 Å². The average molecular weight is 364 g/mol. The molecule has 0 aromatic heterocycles. The lowest BCUT2D eigenvalue weighted by atomic mass is 10.1. The molecule has 0 radical (unpaired) electrons. The van der Waals surface area contributed by atoms with E-state index in [0.717, 1.165) is 35.3 Å². The lowest BCUT2D eigenvalue weighted by Crippen LogP contribution is -2.29. The second kappa shape index (κ2) is 8.93. The van der Waals surface area contributed by atoms with Gasteiger partial charge in [-0.25, -0.2) is 0 Å². The number of aliphatic hydroxyl groups excluding tert-OH is 1. The Morgan fingerprint density at radius 3 is 2.55 bits per heavy atom. The number of methoxy groups -OCH3 is 1. The first kappa shape index (κ1) is 17.0. The number of halogens is 1. The number of rotatable bonds is 8. The molecule has 0 aliphatic rings. The highest BCUT2D eigenvalue weighted by Crippen LogP contribution is 2.24. The van der Waals surface area contributed by atoms with Gasteiger partial charge in [0.05, 0.1) is 13.7 Å². The topological polar surface area (TPSA) is 32.7 Å². The first-order valence-corrected chi connectivity index (χ1v) is 8.22. The zero-order valence-electron chi connectivity index (χ0n) is 12.8. The van der Waals surface area contributed by atoms with E-state index >= 15 is 0 Å². The molecule has 0 aliphatic carbocycles. The second-order valence-electron chi connectivity index (χ2n) is 5.19. The van der Waals surface area contributed by atoms with E-state index in [9.17, 15) is 5.11 Å². The molecule has 3 nitrogen and oxygen atoms in total. The maximum Gasteiger partial charge on any atom is 0.123 e. The van der Waals surface area contributed by atoms with Crippen LogP contribution in [0, 0.1) is 0 Å². The zero-order chi connectivity index (χ0) is 15.8. The first-order valence-electron chi connectivity index (χ1n) is 7.42. The Morgan fingerprint density at radius 2 is 1.86 bits per heavy atom. The molecule has 0 atom stereocenters. The monoisotopic (exact) mass is 363 g/mol. The largest absolute Gasteiger partial charge is 0.496 e. The average Bonchev–Trinajstić information content (AvgIpc) is 2.54. The summed E-state index contributed by atoms with van der Waals surface area (Å²) in [7, 11) is 1.69. The van der Waals surface area contributed by atoms with Crippen molar-refractivity contribution in [2.75, 3.05) is 26.8 Å². The Hall–Kier alpha value is -1.36. The normalized spacial score (nSPS) is 10.9. The Labute approximate surface area is 140 Å². The molecule has 0 amide bonds. The van der Waals surface area contributed by atoms with E-state index in [1.165, 1.54) is 5.56 Å². The fourth-order valence-corrected chi connectivity index (χ4v) is 2.86. The van der Waals surface area contributed by atoms with Gasteiger partial charge in [-0.05, 0) is 30.2 Å². The van der Waals surface area contributed by atoms with Crippen LogP contribution < -0.4 is 4.74 Å². The number of aliphatic hydroxyl groups is 1. The fourth-order valence-electron chi connectivity index (χ4n) is 2.45. The summed E-state index contributed by atoms with van der Waals surface area (Å²) < 4.78 is 6.47. The van der Waals surface area contributed by atoms with Crippen LogP contribution in [0.25, 0.3) is 0 Å². The third-order valence-electron chi connectivity index (χ3n) is 3.61. The number of ether oxygens (including phenoxy) is 1. The lowest BCUT2D eigenvalue weighted by Gasteiger charge is -2.22. The smallest absolute Gasteiger partial charge is 0.123 e. The van der Waals surface area contributed by atoms with Crippen molar-refractivity contribution in [1.29, 1.82) is 0 Å². The van der Waals surface area contributed by atoms with Crippen LogP contribution in [-0.4, -0.2) is 36.8 Å². The molecule has 118 valence electrons. The van der Waals surface area contributed by atoms with E-state index in [1.54, 1.807) is 7.11 Å². The second-order valence-corrected chi connectivity index (χ2v) is 6.11. The number of hydrogen-bond donors (Lipinski definition) is 1. The summed E-state index contributed by atoms with van der Waals surface area (Å²) in [4.78, 5) is 2.25. The van der Waals surface area contributed by atoms with Crippen LogP contribution in [0.2, 0.25) is 0 Å². The minimum Gasteiger partial charge on any atom is -0.496 e. The highest BCUT2D eigenvalue weighted by Gasteiger charge is 2.10. The third-order valence-corrected chi connectivity index (χ3v) is 4.11. The fraction of sp³-hybridized carbons (Fsp3) is 0.333. The van der Waals surface area contributed by atoms with E-state index in [2.05, 4.69) is 51.2 Å². The van der Waals surface area contributed by atoms with Crippen LogP contribution in [-0.2, 0) is 13.0 Å². The quantitative estimate of drug-likeness (QED) is 0.778. The molecule has 22 heavy (non-hydrogen) atoms. The van der Waals surface area contributed by atoms with Gasteiger partial charge in [0.1, 0.15) is 5.75 Å². The van der Waals surface area contributed by atoms with Gasteiger partial charge in [-0.1, -0.05) is 46.3 Å². The summed E-state index contributed by atoms with van der Waals surface area (Å²) in [5.74, 6) is 0.880. The molecule has 0 saturated heterocycles. The van der Waals surface area contributed by atoms with Crippen molar-refractivity contribution in [2.45, 2.75) is 13.0 Å². The van der Waals surface area contributed by atoms with E-state index in [0.29, 0.717) is 6.54 Å². The predicted octanol–water partition coefficient (Wildman–Crippen LogP) is 3.49. The van der Waals surface area contributed by atoms with Crippen molar-refractivity contribution in [3.8, 4) is 5.75 Å².